The fourth-order valence-corrected chi connectivity index (χ4v) is 5.11. The first-order chi connectivity index (χ1) is 18.0. The van der Waals surface area contributed by atoms with Gasteiger partial charge in [-0.15, -0.1) is 0 Å². The SMILES string of the molecule is CCOc1cc(/C=C2\SC(N3N=C(c4ccc(OC)cc4)CC3c3ccccc3O)=NC2=O)ccc1O. The molecule has 1 atom stereocenters. The normalized spacial score (nSPS) is 18.2. The van der Waals surface area contributed by atoms with Gasteiger partial charge in [-0.3, -0.25) is 4.79 Å². The molecule has 1 unspecified atom stereocenters. The van der Waals surface area contributed by atoms with E-state index in [9.17, 15) is 15.0 Å². The molecule has 188 valence electrons. The van der Waals surface area contributed by atoms with Crippen LogP contribution in [0.3, 0.4) is 0 Å². The van der Waals surface area contributed by atoms with Crippen LogP contribution in [0.5, 0.6) is 23.0 Å². The summed E-state index contributed by atoms with van der Waals surface area (Å²) in [4.78, 5) is 17.6. The number of hydrogen-bond donors (Lipinski definition) is 2. The summed E-state index contributed by atoms with van der Waals surface area (Å²) in [6, 6.07) is 19.3. The van der Waals surface area contributed by atoms with Crippen molar-refractivity contribution in [3.63, 3.8) is 0 Å². The summed E-state index contributed by atoms with van der Waals surface area (Å²) < 4.78 is 10.7. The summed E-state index contributed by atoms with van der Waals surface area (Å²) in [6.07, 6.45) is 2.23. The molecular weight excluding hydrogens is 490 g/mol. The van der Waals surface area contributed by atoms with Gasteiger partial charge in [0.25, 0.3) is 5.91 Å². The number of amides is 1. The summed E-state index contributed by atoms with van der Waals surface area (Å²) in [5.74, 6) is 0.905. The highest BCUT2D eigenvalue weighted by Gasteiger charge is 2.37. The second-order valence-corrected chi connectivity index (χ2v) is 9.38. The van der Waals surface area contributed by atoms with E-state index in [2.05, 4.69) is 4.99 Å². The molecule has 2 N–H and O–H groups in total. The van der Waals surface area contributed by atoms with Crippen molar-refractivity contribution >= 4 is 34.6 Å². The van der Waals surface area contributed by atoms with Gasteiger partial charge in [0.15, 0.2) is 16.7 Å². The highest BCUT2D eigenvalue weighted by molar-refractivity contribution is 8.18. The van der Waals surface area contributed by atoms with Crippen molar-refractivity contribution in [2.75, 3.05) is 13.7 Å². The third kappa shape index (κ3) is 5.03. The van der Waals surface area contributed by atoms with Gasteiger partial charge in [-0.25, -0.2) is 5.01 Å². The summed E-state index contributed by atoms with van der Waals surface area (Å²) in [5.41, 5.74) is 3.13. The number of aromatic hydroxyl groups is 2. The highest BCUT2D eigenvalue weighted by Crippen LogP contribution is 2.42. The van der Waals surface area contributed by atoms with E-state index in [1.165, 1.54) is 17.8 Å². The summed E-state index contributed by atoms with van der Waals surface area (Å²) in [6.45, 7) is 2.24. The van der Waals surface area contributed by atoms with Crippen LogP contribution in [0.2, 0.25) is 0 Å². The third-order valence-electron chi connectivity index (χ3n) is 6.02. The second-order valence-electron chi connectivity index (χ2n) is 8.37. The maximum absolute atomic E-state index is 12.9. The molecule has 0 fully saturated rings. The van der Waals surface area contributed by atoms with E-state index >= 15 is 0 Å². The molecule has 0 aromatic heterocycles. The predicted molar refractivity (Wildman–Crippen MR) is 144 cm³/mol. The largest absolute Gasteiger partial charge is 0.508 e. The van der Waals surface area contributed by atoms with E-state index in [1.54, 1.807) is 42.5 Å². The van der Waals surface area contributed by atoms with Gasteiger partial charge in [0.1, 0.15) is 11.5 Å². The van der Waals surface area contributed by atoms with Crippen molar-refractivity contribution in [3.05, 3.63) is 88.3 Å². The average Bonchev–Trinajstić information content (AvgIpc) is 3.50. The van der Waals surface area contributed by atoms with Gasteiger partial charge in [0.05, 0.1) is 30.4 Å². The van der Waals surface area contributed by atoms with Gasteiger partial charge in [-0.2, -0.15) is 10.1 Å². The number of amidine groups is 1. The van der Waals surface area contributed by atoms with E-state index in [0.717, 1.165) is 17.0 Å². The Labute approximate surface area is 218 Å². The number of phenolic OH excluding ortho intramolecular Hbond substituents is 2. The lowest BCUT2D eigenvalue weighted by atomic mass is 9.98. The molecule has 0 bridgehead atoms. The topological polar surface area (TPSA) is 104 Å². The van der Waals surface area contributed by atoms with E-state index in [0.29, 0.717) is 40.0 Å². The van der Waals surface area contributed by atoms with Gasteiger partial charge in [-0.05, 0) is 78.4 Å². The van der Waals surface area contributed by atoms with Crippen LogP contribution in [0.1, 0.15) is 36.1 Å². The first kappa shape index (κ1) is 24.5. The molecule has 9 heteroatoms. The monoisotopic (exact) mass is 515 g/mol. The Bertz CT molecular complexity index is 1430. The second kappa shape index (κ2) is 10.4. The number of carbonyl (C=O) groups excluding carboxylic acids is 1. The number of hydrogen-bond acceptors (Lipinski definition) is 8. The number of rotatable bonds is 6. The number of hydrazone groups is 1. The maximum Gasteiger partial charge on any atom is 0.286 e. The van der Waals surface area contributed by atoms with E-state index < -0.39 is 0 Å². The lowest BCUT2D eigenvalue weighted by Gasteiger charge is -2.23. The fraction of sp³-hybridized carbons (Fsp3) is 0.179. The zero-order chi connectivity index (χ0) is 25.9. The minimum atomic E-state index is -0.379. The van der Waals surface area contributed by atoms with Crippen LogP contribution in [-0.2, 0) is 4.79 Å². The van der Waals surface area contributed by atoms with E-state index in [-0.39, 0.29) is 23.4 Å². The van der Waals surface area contributed by atoms with E-state index in [1.807, 2.05) is 43.3 Å². The molecule has 3 aromatic carbocycles. The molecule has 0 radical (unpaired) electrons. The number of methoxy groups -OCH3 is 1. The summed E-state index contributed by atoms with van der Waals surface area (Å²) in [5, 5.41) is 27.6. The van der Waals surface area contributed by atoms with Gasteiger partial charge in [-0.1, -0.05) is 24.3 Å². The Hall–Kier alpha value is -4.24. The molecule has 3 aromatic rings. The van der Waals surface area contributed by atoms with Crippen molar-refractivity contribution in [1.82, 2.24) is 5.01 Å². The van der Waals surface area contributed by atoms with Crippen molar-refractivity contribution in [3.8, 4) is 23.0 Å². The van der Waals surface area contributed by atoms with Crippen LogP contribution in [0.4, 0.5) is 0 Å². The van der Waals surface area contributed by atoms with Gasteiger partial charge in [0.2, 0.25) is 0 Å². The number of phenols is 2. The van der Waals surface area contributed by atoms with Crippen LogP contribution >= 0.6 is 11.8 Å². The molecule has 0 saturated heterocycles. The molecule has 2 aliphatic heterocycles. The van der Waals surface area contributed by atoms with Crippen molar-refractivity contribution < 1.29 is 24.5 Å². The van der Waals surface area contributed by atoms with Crippen LogP contribution in [0.25, 0.3) is 6.08 Å². The van der Waals surface area contributed by atoms with Gasteiger partial charge >= 0.3 is 0 Å². The smallest absolute Gasteiger partial charge is 0.286 e. The summed E-state index contributed by atoms with van der Waals surface area (Å²) in [7, 11) is 1.62. The molecule has 8 nitrogen and oxygen atoms in total. The number of ether oxygens (including phenoxy) is 2. The molecule has 37 heavy (non-hydrogen) atoms. The quantitative estimate of drug-likeness (QED) is 0.428. The zero-order valence-corrected chi connectivity index (χ0v) is 21.1. The van der Waals surface area contributed by atoms with Gasteiger partial charge in [0, 0.05) is 12.0 Å². The summed E-state index contributed by atoms with van der Waals surface area (Å²) >= 11 is 1.22. The average molecular weight is 516 g/mol. The number of benzene rings is 3. The Kier molecular flexibility index (Phi) is 6.87. The van der Waals surface area contributed by atoms with Crippen molar-refractivity contribution in [2.24, 2.45) is 10.1 Å². The molecule has 5 rings (SSSR count). The van der Waals surface area contributed by atoms with Crippen molar-refractivity contribution in [2.45, 2.75) is 19.4 Å². The molecule has 2 aliphatic rings. The first-order valence-corrected chi connectivity index (χ1v) is 12.6. The number of thioether (sulfide) groups is 1. The van der Waals surface area contributed by atoms with Crippen LogP contribution < -0.4 is 9.47 Å². The van der Waals surface area contributed by atoms with Gasteiger partial charge < -0.3 is 19.7 Å². The zero-order valence-electron chi connectivity index (χ0n) is 20.3. The minimum Gasteiger partial charge on any atom is -0.508 e. The molecule has 2 heterocycles. The molecule has 0 saturated carbocycles. The Morgan fingerprint density at radius 1 is 1.08 bits per heavy atom. The molecular formula is C28H25N3O5S. The predicted octanol–water partition coefficient (Wildman–Crippen LogP) is 5.33. The molecule has 1 amide bonds. The van der Waals surface area contributed by atoms with Crippen molar-refractivity contribution in [1.29, 1.82) is 0 Å². The Balaban J connectivity index is 1.47. The maximum atomic E-state index is 12.9. The number of aliphatic imine (C=N–C) groups is 1. The lowest BCUT2D eigenvalue weighted by Crippen LogP contribution is -2.23. The molecule has 0 aliphatic carbocycles. The Morgan fingerprint density at radius 3 is 2.59 bits per heavy atom. The number of carbonyl (C=O) groups is 1. The minimum absolute atomic E-state index is 0.0364. The number of nitrogens with zero attached hydrogens (tertiary/aromatic N) is 3. The van der Waals surface area contributed by atoms with E-state index in [4.69, 9.17) is 14.6 Å². The number of para-hydroxylation sites is 1. The first-order valence-electron chi connectivity index (χ1n) is 11.7. The van der Waals surface area contributed by atoms with Crippen LogP contribution in [0.15, 0.2) is 81.7 Å². The lowest BCUT2D eigenvalue weighted by molar-refractivity contribution is -0.113. The standard InChI is InChI=1S/C28H25N3O5S/c1-3-36-25-14-17(8-13-24(25)33)15-26-27(34)29-28(37-26)31-22(20-6-4-5-7-23(20)32)16-21(30-31)18-9-11-19(35-2)12-10-18/h4-15,22,32-33H,3,16H2,1-2H3/b26-15-. The fourth-order valence-electron chi connectivity index (χ4n) is 4.20. The third-order valence-corrected chi connectivity index (χ3v) is 6.99. The highest BCUT2D eigenvalue weighted by atomic mass is 32.2. The van der Waals surface area contributed by atoms with Crippen LogP contribution in [0, 0.1) is 0 Å². The van der Waals surface area contributed by atoms with Crippen LogP contribution in [-0.4, -0.2) is 45.7 Å². The molecule has 0 spiro atoms. The Morgan fingerprint density at radius 2 is 1.86 bits per heavy atom.